The van der Waals surface area contributed by atoms with Gasteiger partial charge in [-0.15, -0.1) is 0 Å². The first kappa shape index (κ1) is 20.0. The van der Waals surface area contributed by atoms with E-state index in [0.29, 0.717) is 21.8 Å². The van der Waals surface area contributed by atoms with Crippen molar-refractivity contribution in [1.29, 1.82) is 0 Å². The monoisotopic (exact) mass is 420 g/mol. The van der Waals surface area contributed by atoms with Gasteiger partial charge in [0, 0.05) is 10.6 Å². The molecule has 3 aromatic carbocycles. The predicted octanol–water partition coefficient (Wildman–Crippen LogP) is 6.32. The second kappa shape index (κ2) is 8.25. The standard InChI is InChI=1S/C25H21ClO4/c1-15-12-16(2)23-21(13-15)22(27)25(29-14-17-4-8-19(26)9-5-17)24(30-23)18-6-10-20(28-3)11-7-18/h4-13H,14H2,1-3H3. The van der Waals surface area contributed by atoms with E-state index in [1.165, 1.54) is 0 Å². The number of aryl methyl sites for hydroxylation is 2. The highest BCUT2D eigenvalue weighted by atomic mass is 35.5. The largest absolute Gasteiger partial charge is 0.497 e. The van der Waals surface area contributed by atoms with Crippen LogP contribution in [0.2, 0.25) is 5.02 Å². The van der Waals surface area contributed by atoms with Gasteiger partial charge in [0.2, 0.25) is 11.2 Å². The van der Waals surface area contributed by atoms with Gasteiger partial charge in [-0.3, -0.25) is 4.79 Å². The van der Waals surface area contributed by atoms with E-state index in [9.17, 15) is 4.79 Å². The molecule has 0 atom stereocenters. The van der Waals surface area contributed by atoms with E-state index in [-0.39, 0.29) is 17.8 Å². The molecule has 0 aliphatic heterocycles. The minimum Gasteiger partial charge on any atom is -0.497 e. The molecule has 30 heavy (non-hydrogen) atoms. The molecule has 0 aliphatic rings. The van der Waals surface area contributed by atoms with E-state index in [0.717, 1.165) is 28.0 Å². The molecule has 4 aromatic rings. The highest BCUT2D eigenvalue weighted by Crippen LogP contribution is 2.33. The molecule has 4 nitrogen and oxygen atoms in total. The summed E-state index contributed by atoms with van der Waals surface area (Å²) < 4.78 is 17.5. The van der Waals surface area contributed by atoms with E-state index in [2.05, 4.69) is 0 Å². The Hall–Kier alpha value is -3.24. The molecule has 0 amide bonds. The van der Waals surface area contributed by atoms with Gasteiger partial charge in [0.1, 0.15) is 17.9 Å². The number of fused-ring (bicyclic) bond motifs is 1. The Morgan fingerprint density at radius 1 is 0.967 bits per heavy atom. The first-order valence-electron chi connectivity index (χ1n) is 9.56. The van der Waals surface area contributed by atoms with Crippen LogP contribution in [0.25, 0.3) is 22.3 Å². The molecule has 0 unspecified atom stereocenters. The Kier molecular flexibility index (Phi) is 5.51. The van der Waals surface area contributed by atoms with Gasteiger partial charge >= 0.3 is 0 Å². The smallest absolute Gasteiger partial charge is 0.235 e. The Morgan fingerprint density at radius 3 is 2.33 bits per heavy atom. The maximum Gasteiger partial charge on any atom is 0.235 e. The Labute approximate surface area is 179 Å². The van der Waals surface area contributed by atoms with Crippen LogP contribution in [0.15, 0.2) is 69.9 Å². The van der Waals surface area contributed by atoms with Crippen molar-refractivity contribution in [2.45, 2.75) is 20.5 Å². The first-order valence-corrected chi connectivity index (χ1v) is 9.94. The van der Waals surface area contributed by atoms with Gasteiger partial charge < -0.3 is 13.9 Å². The summed E-state index contributed by atoms with van der Waals surface area (Å²) in [5.41, 5.74) is 3.91. The maximum atomic E-state index is 13.4. The lowest BCUT2D eigenvalue weighted by Crippen LogP contribution is -2.11. The summed E-state index contributed by atoms with van der Waals surface area (Å²) >= 11 is 5.96. The van der Waals surface area contributed by atoms with Crippen molar-refractivity contribution in [3.8, 4) is 22.8 Å². The lowest BCUT2D eigenvalue weighted by atomic mass is 10.1. The molecule has 152 valence electrons. The van der Waals surface area contributed by atoms with Gasteiger partial charge in [0.25, 0.3) is 0 Å². The van der Waals surface area contributed by atoms with Crippen LogP contribution < -0.4 is 14.9 Å². The average molecular weight is 421 g/mol. The van der Waals surface area contributed by atoms with Crippen molar-refractivity contribution in [2.24, 2.45) is 0 Å². The van der Waals surface area contributed by atoms with Gasteiger partial charge in [0.05, 0.1) is 12.5 Å². The summed E-state index contributed by atoms with van der Waals surface area (Å²) in [6, 6.07) is 18.5. The average Bonchev–Trinajstić information content (AvgIpc) is 2.75. The second-order valence-electron chi connectivity index (χ2n) is 7.19. The SMILES string of the molecule is COc1ccc(-c2oc3c(C)cc(C)cc3c(=O)c2OCc2ccc(Cl)cc2)cc1. The number of methoxy groups -OCH3 is 1. The zero-order valence-electron chi connectivity index (χ0n) is 17.0. The van der Waals surface area contributed by atoms with E-state index < -0.39 is 0 Å². The summed E-state index contributed by atoms with van der Waals surface area (Å²) in [7, 11) is 1.61. The molecule has 0 saturated heterocycles. The molecule has 4 rings (SSSR count). The van der Waals surface area contributed by atoms with Crippen LogP contribution in [0.3, 0.4) is 0 Å². The van der Waals surface area contributed by atoms with Gasteiger partial charge in [-0.2, -0.15) is 0 Å². The third-order valence-corrected chi connectivity index (χ3v) is 5.18. The van der Waals surface area contributed by atoms with Crippen LogP contribution in [0.4, 0.5) is 0 Å². The Morgan fingerprint density at radius 2 is 1.67 bits per heavy atom. The third kappa shape index (κ3) is 3.91. The molecule has 0 spiro atoms. The topological polar surface area (TPSA) is 48.7 Å². The summed E-state index contributed by atoms with van der Waals surface area (Å²) in [5.74, 6) is 1.31. The summed E-state index contributed by atoms with van der Waals surface area (Å²) in [6.45, 7) is 4.11. The number of hydrogen-bond acceptors (Lipinski definition) is 4. The van der Waals surface area contributed by atoms with Gasteiger partial charge in [-0.1, -0.05) is 29.8 Å². The lowest BCUT2D eigenvalue weighted by molar-refractivity contribution is 0.298. The van der Waals surface area contributed by atoms with E-state index in [4.69, 9.17) is 25.5 Å². The second-order valence-corrected chi connectivity index (χ2v) is 7.63. The van der Waals surface area contributed by atoms with Gasteiger partial charge in [0.15, 0.2) is 5.76 Å². The van der Waals surface area contributed by atoms with Crippen molar-refractivity contribution in [3.63, 3.8) is 0 Å². The number of halogens is 1. The highest BCUT2D eigenvalue weighted by molar-refractivity contribution is 6.30. The van der Waals surface area contributed by atoms with E-state index in [1.807, 2.05) is 62.4 Å². The van der Waals surface area contributed by atoms with Crippen molar-refractivity contribution in [1.82, 2.24) is 0 Å². The molecule has 0 radical (unpaired) electrons. The van der Waals surface area contributed by atoms with E-state index in [1.54, 1.807) is 19.2 Å². The lowest BCUT2D eigenvalue weighted by Gasteiger charge is -2.13. The van der Waals surface area contributed by atoms with Crippen LogP contribution in [0, 0.1) is 13.8 Å². The van der Waals surface area contributed by atoms with Crippen molar-refractivity contribution >= 4 is 22.6 Å². The molecular weight excluding hydrogens is 400 g/mol. The molecule has 0 N–H and O–H groups in total. The van der Waals surface area contributed by atoms with Crippen LogP contribution in [0.5, 0.6) is 11.5 Å². The minimum atomic E-state index is -0.192. The molecule has 1 aromatic heterocycles. The fraction of sp³-hybridized carbons (Fsp3) is 0.160. The summed E-state index contributed by atoms with van der Waals surface area (Å²) in [6.07, 6.45) is 0. The van der Waals surface area contributed by atoms with Crippen molar-refractivity contribution in [2.75, 3.05) is 7.11 Å². The first-order chi connectivity index (χ1) is 14.5. The quantitative estimate of drug-likeness (QED) is 0.379. The maximum absolute atomic E-state index is 13.4. The molecular formula is C25H21ClO4. The number of rotatable bonds is 5. The number of ether oxygens (including phenoxy) is 2. The Balaban J connectivity index is 1.86. The van der Waals surface area contributed by atoms with Gasteiger partial charge in [-0.25, -0.2) is 0 Å². The molecule has 1 heterocycles. The zero-order valence-corrected chi connectivity index (χ0v) is 17.7. The van der Waals surface area contributed by atoms with Crippen molar-refractivity contribution in [3.05, 3.63) is 92.6 Å². The fourth-order valence-electron chi connectivity index (χ4n) is 3.43. The van der Waals surface area contributed by atoms with Gasteiger partial charge in [-0.05, 0) is 73.0 Å². The molecule has 0 saturated carbocycles. The summed E-state index contributed by atoms with van der Waals surface area (Å²) in [5, 5.41) is 1.16. The van der Waals surface area contributed by atoms with Crippen LogP contribution in [0.1, 0.15) is 16.7 Å². The Bertz CT molecular complexity index is 1260. The summed E-state index contributed by atoms with van der Waals surface area (Å²) in [4.78, 5) is 13.4. The molecule has 0 bridgehead atoms. The predicted molar refractivity (Wildman–Crippen MR) is 120 cm³/mol. The van der Waals surface area contributed by atoms with E-state index >= 15 is 0 Å². The minimum absolute atomic E-state index is 0.188. The van der Waals surface area contributed by atoms with Crippen LogP contribution in [-0.2, 0) is 6.61 Å². The normalized spacial score (nSPS) is 10.9. The van der Waals surface area contributed by atoms with Crippen molar-refractivity contribution < 1.29 is 13.9 Å². The zero-order chi connectivity index (χ0) is 21.3. The number of hydrogen-bond donors (Lipinski definition) is 0. The third-order valence-electron chi connectivity index (χ3n) is 4.93. The molecule has 0 fully saturated rings. The van der Waals surface area contributed by atoms with Crippen LogP contribution >= 0.6 is 11.6 Å². The molecule has 0 aliphatic carbocycles. The molecule has 5 heteroatoms. The van der Waals surface area contributed by atoms with Crippen LogP contribution in [-0.4, -0.2) is 7.11 Å². The fourth-order valence-corrected chi connectivity index (χ4v) is 3.56. The highest BCUT2D eigenvalue weighted by Gasteiger charge is 2.19. The number of benzene rings is 3.